The van der Waals surface area contributed by atoms with Crippen LogP contribution in [-0.4, -0.2) is 18.1 Å². The van der Waals surface area contributed by atoms with E-state index in [-0.39, 0.29) is 5.82 Å². The van der Waals surface area contributed by atoms with Crippen LogP contribution >= 0.6 is 15.9 Å². The van der Waals surface area contributed by atoms with Gasteiger partial charge in [0.05, 0.1) is 0 Å². The molecule has 4 heteroatoms. The van der Waals surface area contributed by atoms with E-state index in [4.69, 9.17) is 0 Å². The van der Waals surface area contributed by atoms with E-state index in [1.807, 2.05) is 24.4 Å². The lowest BCUT2D eigenvalue weighted by molar-refractivity contribution is 0.472. The summed E-state index contributed by atoms with van der Waals surface area (Å²) < 4.78 is 14.3. The number of hydrogen-bond donors (Lipinski definition) is 1. The zero-order valence-electron chi connectivity index (χ0n) is 12.2. The van der Waals surface area contributed by atoms with Crippen LogP contribution in [0.4, 0.5) is 4.39 Å². The van der Waals surface area contributed by atoms with E-state index >= 15 is 0 Å². The van der Waals surface area contributed by atoms with Crippen molar-refractivity contribution in [1.82, 2.24) is 10.3 Å². The highest BCUT2D eigenvalue weighted by molar-refractivity contribution is 9.10. The molecule has 1 heterocycles. The van der Waals surface area contributed by atoms with Crippen molar-refractivity contribution in [3.8, 4) is 0 Å². The van der Waals surface area contributed by atoms with Crippen LogP contribution in [0.25, 0.3) is 0 Å². The van der Waals surface area contributed by atoms with Crippen LogP contribution in [0.2, 0.25) is 0 Å². The summed E-state index contributed by atoms with van der Waals surface area (Å²) in [7, 11) is 0. The lowest BCUT2D eigenvalue weighted by atomic mass is 9.94. The molecule has 0 spiro atoms. The number of aromatic nitrogens is 1. The molecule has 0 amide bonds. The van der Waals surface area contributed by atoms with Gasteiger partial charge in [-0.1, -0.05) is 19.1 Å². The number of hydrogen-bond acceptors (Lipinski definition) is 2. The van der Waals surface area contributed by atoms with E-state index in [1.54, 1.807) is 12.1 Å². The van der Waals surface area contributed by atoms with Crippen LogP contribution in [0.5, 0.6) is 0 Å². The fourth-order valence-electron chi connectivity index (χ4n) is 2.39. The molecular weight excluding hydrogens is 331 g/mol. The molecule has 1 aromatic heterocycles. The van der Waals surface area contributed by atoms with Crippen molar-refractivity contribution < 1.29 is 4.39 Å². The zero-order chi connectivity index (χ0) is 15.1. The minimum absolute atomic E-state index is 0.170. The molecule has 2 nitrogen and oxygen atoms in total. The molecule has 2 rings (SSSR count). The highest BCUT2D eigenvalue weighted by atomic mass is 79.9. The Balaban J connectivity index is 2.04. The fourth-order valence-corrected chi connectivity index (χ4v) is 2.62. The van der Waals surface area contributed by atoms with Crippen molar-refractivity contribution >= 4 is 15.9 Å². The van der Waals surface area contributed by atoms with Crippen LogP contribution in [0.3, 0.4) is 0 Å². The standard InChI is InChI=1S/C17H20BrFN2/c1-2-20-11-14(8-13-4-3-5-16(19)9-13)10-17-7-6-15(18)12-21-17/h3-7,9,12,14,20H,2,8,10-11H2,1H3. The number of halogens is 2. The summed E-state index contributed by atoms with van der Waals surface area (Å²) in [5.74, 6) is 0.233. The lowest BCUT2D eigenvalue weighted by Crippen LogP contribution is -2.26. The molecule has 0 fully saturated rings. The van der Waals surface area contributed by atoms with Gasteiger partial charge in [-0.25, -0.2) is 4.39 Å². The lowest BCUT2D eigenvalue weighted by Gasteiger charge is -2.17. The first-order valence-corrected chi connectivity index (χ1v) is 8.02. The van der Waals surface area contributed by atoms with Gasteiger partial charge in [0.2, 0.25) is 0 Å². The molecule has 0 saturated heterocycles. The van der Waals surface area contributed by atoms with Gasteiger partial charge < -0.3 is 5.32 Å². The fraction of sp³-hybridized carbons (Fsp3) is 0.353. The first kappa shape index (κ1) is 16.1. The average molecular weight is 351 g/mol. The first-order valence-electron chi connectivity index (χ1n) is 7.23. The maximum Gasteiger partial charge on any atom is 0.123 e. The Morgan fingerprint density at radius 1 is 1.24 bits per heavy atom. The third kappa shape index (κ3) is 5.56. The van der Waals surface area contributed by atoms with Gasteiger partial charge in [0.15, 0.2) is 0 Å². The monoisotopic (exact) mass is 350 g/mol. The van der Waals surface area contributed by atoms with Crippen molar-refractivity contribution in [1.29, 1.82) is 0 Å². The van der Waals surface area contributed by atoms with Gasteiger partial charge in [-0.15, -0.1) is 0 Å². The Morgan fingerprint density at radius 2 is 2.10 bits per heavy atom. The predicted octanol–water partition coefficient (Wildman–Crippen LogP) is 3.99. The number of rotatable bonds is 7. The minimum atomic E-state index is -0.170. The van der Waals surface area contributed by atoms with Crippen LogP contribution in [0.1, 0.15) is 18.2 Å². The van der Waals surface area contributed by atoms with Crippen LogP contribution in [0, 0.1) is 11.7 Å². The SMILES string of the molecule is CCNCC(Cc1cccc(F)c1)Cc1ccc(Br)cn1. The molecule has 1 aromatic carbocycles. The van der Waals surface area contributed by atoms with Crippen molar-refractivity contribution in [2.75, 3.05) is 13.1 Å². The Bertz CT molecular complexity index is 557. The molecule has 0 radical (unpaired) electrons. The molecule has 1 N–H and O–H groups in total. The largest absolute Gasteiger partial charge is 0.317 e. The highest BCUT2D eigenvalue weighted by Gasteiger charge is 2.12. The highest BCUT2D eigenvalue weighted by Crippen LogP contribution is 2.16. The predicted molar refractivity (Wildman–Crippen MR) is 87.8 cm³/mol. The van der Waals surface area contributed by atoms with E-state index in [0.29, 0.717) is 5.92 Å². The Morgan fingerprint density at radius 3 is 2.76 bits per heavy atom. The molecule has 1 atom stereocenters. The molecule has 0 saturated carbocycles. The molecular formula is C17H20BrFN2. The summed E-state index contributed by atoms with van der Waals surface area (Å²) in [5, 5.41) is 3.38. The Hall–Kier alpha value is -1.26. The number of pyridine rings is 1. The van der Waals surface area contributed by atoms with E-state index in [1.165, 1.54) is 6.07 Å². The molecule has 21 heavy (non-hydrogen) atoms. The van der Waals surface area contributed by atoms with Crippen molar-refractivity contribution in [2.45, 2.75) is 19.8 Å². The van der Waals surface area contributed by atoms with Crippen molar-refractivity contribution in [2.24, 2.45) is 5.92 Å². The third-order valence-electron chi connectivity index (χ3n) is 3.38. The van der Waals surface area contributed by atoms with Gasteiger partial charge >= 0.3 is 0 Å². The van der Waals surface area contributed by atoms with Gasteiger partial charge in [-0.05, 0) is 77.6 Å². The van der Waals surface area contributed by atoms with Crippen molar-refractivity contribution in [3.63, 3.8) is 0 Å². The molecule has 0 aliphatic rings. The molecule has 112 valence electrons. The summed E-state index contributed by atoms with van der Waals surface area (Å²) in [4.78, 5) is 4.44. The van der Waals surface area contributed by atoms with Crippen LogP contribution in [-0.2, 0) is 12.8 Å². The van der Waals surface area contributed by atoms with Crippen LogP contribution in [0.15, 0.2) is 47.1 Å². The van der Waals surface area contributed by atoms with Gasteiger partial charge in [0.1, 0.15) is 5.82 Å². The normalized spacial score (nSPS) is 12.3. The smallest absolute Gasteiger partial charge is 0.123 e. The van der Waals surface area contributed by atoms with Crippen LogP contribution < -0.4 is 5.32 Å². The molecule has 0 bridgehead atoms. The molecule has 1 unspecified atom stereocenters. The van der Waals surface area contributed by atoms with E-state index < -0.39 is 0 Å². The second kappa shape index (κ2) is 8.25. The second-order valence-electron chi connectivity index (χ2n) is 5.18. The average Bonchev–Trinajstić information content (AvgIpc) is 2.47. The van der Waals surface area contributed by atoms with E-state index in [0.717, 1.165) is 41.7 Å². The maximum absolute atomic E-state index is 13.3. The maximum atomic E-state index is 13.3. The van der Waals surface area contributed by atoms with Crippen molar-refractivity contribution in [3.05, 3.63) is 64.1 Å². The molecule has 2 aromatic rings. The third-order valence-corrected chi connectivity index (χ3v) is 3.85. The zero-order valence-corrected chi connectivity index (χ0v) is 13.7. The first-order chi connectivity index (χ1) is 10.2. The quantitative estimate of drug-likeness (QED) is 0.816. The Kier molecular flexibility index (Phi) is 6.33. The van der Waals surface area contributed by atoms with Gasteiger partial charge in [-0.3, -0.25) is 4.98 Å². The van der Waals surface area contributed by atoms with Gasteiger partial charge in [0, 0.05) is 16.4 Å². The van der Waals surface area contributed by atoms with E-state index in [9.17, 15) is 4.39 Å². The van der Waals surface area contributed by atoms with Gasteiger partial charge in [-0.2, -0.15) is 0 Å². The summed E-state index contributed by atoms with van der Waals surface area (Å²) in [6.45, 7) is 3.94. The molecule has 0 aliphatic carbocycles. The summed E-state index contributed by atoms with van der Waals surface area (Å²) in [5.41, 5.74) is 2.10. The molecule has 0 aliphatic heterocycles. The number of nitrogens with zero attached hydrogens (tertiary/aromatic N) is 1. The minimum Gasteiger partial charge on any atom is -0.317 e. The Labute approximate surface area is 133 Å². The topological polar surface area (TPSA) is 24.9 Å². The van der Waals surface area contributed by atoms with Gasteiger partial charge in [0.25, 0.3) is 0 Å². The second-order valence-corrected chi connectivity index (χ2v) is 6.10. The number of nitrogens with one attached hydrogen (secondary N) is 1. The summed E-state index contributed by atoms with van der Waals surface area (Å²) in [6, 6.07) is 10.9. The summed E-state index contributed by atoms with van der Waals surface area (Å²) >= 11 is 3.40. The summed E-state index contributed by atoms with van der Waals surface area (Å²) in [6.07, 6.45) is 3.56. The van der Waals surface area contributed by atoms with E-state index in [2.05, 4.69) is 33.2 Å². The number of benzene rings is 1.